The molecule has 0 radical (unpaired) electrons. The molecule has 1 aliphatic rings. The van der Waals surface area contributed by atoms with Gasteiger partial charge in [-0.1, -0.05) is 12.1 Å². The lowest BCUT2D eigenvalue weighted by Crippen LogP contribution is -2.14. The van der Waals surface area contributed by atoms with Crippen molar-refractivity contribution in [3.05, 3.63) is 39.7 Å². The highest BCUT2D eigenvalue weighted by atomic mass is 19.1. The van der Waals surface area contributed by atoms with Gasteiger partial charge in [0, 0.05) is 17.0 Å². The zero-order valence-corrected chi connectivity index (χ0v) is 7.94. The SMILES string of the molecule is O=[N+]([O-])c1cccc(C2(CO)CC2)c1F. The molecule has 15 heavy (non-hydrogen) atoms. The van der Waals surface area contributed by atoms with Gasteiger partial charge >= 0.3 is 5.69 Å². The van der Waals surface area contributed by atoms with Crippen LogP contribution in [0, 0.1) is 15.9 Å². The minimum atomic E-state index is -0.811. The third-order valence-electron chi connectivity index (χ3n) is 2.90. The van der Waals surface area contributed by atoms with Crippen LogP contribution >= 0.6 is 0 Å². The number of nitro benzene ring substituents is 1. The van der Waals surface area contributed by atoms with E-state index < -0.39 is 21.8 Å². The summed E-state index contributed by atoms with van der Waals surface area (Å²) in [7, 11) is 0. The van der Waals surface area contributed by atoms with E-state index in [1.54, 1.807) is 0 Å². The van der Waals surface area contributed by atoms with Crippen molar-refractivity contribution in [1.29, 1.82) is 0 Å². The van der Waals surface area contributed by atoms with Gasteiger partial charge in [0.25, 0.3) is 0 Å². The van der Waals surface area contributed by atoms with Gasteiger partial charge in [0.15, 0.2) is 0 Å². The van der Waals surface area contributed by atoms with Crippen molar-refractivity contribution in [3.63, 3.8) is 0 Å². The number of rotatable bonds is 3. The Morgan fingerprint density at radius 2 is 2.20 bits per heavy atom. The van der Waals surface area contributed by atoms with Crippen LogP contribution in [0.25, 0.3) is 0 Å². The van der Waals surface area contributed by atoms with Gasteiger partial charge in [-0.15, -0.1) is 0 Å². The Balaban J connectivity index is 2.50. The molecule has 1 aromatic carbocycles. The van der Waals surface area contributed by atoms with Crippen molar-refractivity contribution in [2.24, 2.45) is 0 Å². The highest BCUT2D eigenvalue weighted by molar-refractivity contribution is 5.43. The van der Waals surface area contributed by atoms with Gasteiger partial charge in [-0.25, -0.2) is 0 Å². The molecular formula is C10H10FNO3. The molecule has 0 aromatic heterocycles. The molecule has 0 aliphatic heterocycles. The van der Waals surface area contributed by atoms with Crippen LogP contribution in [0.4, 0.5) is 10.1 Å². The maximum Gasteiger partial charge on any atom is 0.305 e. The third-order valence-corrected chi connectivity index (χ3v) is 2.90. The van der Waals surface area contributed by atoms with Crippen molar-refractivity contribution < 1.29 is 14.4 Å². The normalized spacial score (nSPS) is 17.5. The Labute approximate surface area is 85.5 Å². The van der Waals surface area contributed by atoms with Crippen LogP contribution in [0.15, 0.2) is 18.2 Å². The summed E-state index contributed by atoms with van der Waals surface area (Å²) >= 11 is 0. The zero-order chi connectivity index (χ0) is 11.1. The topological polar surface area (TPSA) is 63.4 Å². The summed E-state index contributed by atoms with van der Waals surface area (Å²) < 4.78 is 13.7. The molecule has 2 rings (SSSR count). The number of nitro groups is 1. The molecule has 1 aromatic rings. The first-order valence-corrected chi connectivity index (χ1v) is 4.65. The van der Waals surface area contributed by atoms with E-state index in [1.807, 2.05) is 0 Å². The molecule has 1 aliphatic carbocycles. The van der Waals surface area contributed by atoms with Gasteiger partial charge in [0.1, 0.15) is 0 Å². The van der Waals surface area contributed by atoms with Gasteiger partial charge in [-0.2, -0.15) is 4.39 Å². The molecule has 0 amide bonds. The maximum absolute atomic E-state index is 13.7. The predicted molar refractivity (Wildman–Crippen MR) is 51.1 cm³/mol. The van der Waals surface area contributed by atoms with Crippen LogP contribution in [0.2, 0.25) is 0 Å². The van der Waals surface area contributed by atoms with Crippen LogP contribution in [-0.2, 0) is 5.41 Å². The van der Waals surface area contributed by atoms with Crippen molar-refractivity contribution >= 4 is 5.69 Å². The molecule has 0 heterocycles. The summed E-state index contributed by atoms with van der Waals surface area (Å²) in [5, 5.41) is 19.6. The van der Waals surface area contributed by atoms with Crippen LogP contribution in [0.3, 0.4) is 0 Å². The average Bonchev–Trinajstić information content (AvgIpc) is 2.98. The molecule has 0 bridgehead atoms. The fraction of sp³-hybridized carbons (Fsp3) is 0.400. The Morgan fingerprint density at radius 3 is 2.67 bits per heavy atom. The first-order chi connectivity index (χ1) is 7.10. The Bertz CT molecular complexity index is 415. The minimum Gasteiger partial charge on any atom is -0.395 e. The van der Waals surface area contributed by atoms with Gasteiger partial charge in [0.2, 0.25) is 5.82 Å². The maximum atomic E-state index is 13.7. The van der Waals surface area contributed by atoms with E-state index in [0.29, 0.717) is 12.8 Å². The van der Waals surface area contributed by atoms with Crippen molar-refractivity contribution in [1.82, 2.24) is 0 Å². The third kappa shape index (κ3) is 1.48. The standard InChI is InChI=1S/C10H10FNO3/c11-9-7(10(6-13)4-5-10)2-1-3-8(9)12(14)15/h1-3,13H,4-6H2. The summed E-state index contributed by atoms with van der Waals surface area (Å²) in [5.41, 5.74) is -0.831. The van der Waals surface area contributed by atoms with E-state index in [0.717, 1.165) is 6.07 Å². The molecule has 0 atom stereocenters. The quantitative estimate of drug-likeness (QED) is 0.612. The second kappa shape index (κ2) is 3.27. The van der Waals surface area contributed by atoms with Crippen molar-refractivity contribution in [2.75, 3.05) is 6.61 Å². The summed E-state index contributed by atoms with van der Waals surface area (Å²) in [6.07, 6.45) is 1.36. The van der Waals surface area contributed by atoms with E-state index in [-0.39, 0.29) is 12.2 Å². The molecule has 0 spiro atoms. The molecule has 1 saturated carbocycles. The number of nitrogens with zero attached hydrogens (tertiary/aromatic N) is 1. The Kier molecular flexibility index (Phi) is 2.19. The molecule has 1 N–H and O–H groups in total. The predicted octanol–water partition coefficient (Wildman–Crippen LogP) is 1.76. The largest absolute Gasteiger partial charge is 0.395 e. The van der Waals surface area contributed by atoms with E-state index in [9.17, 15) is 14.5 Å². The molecule has 4 nitrogen and oxygen atoms in total. The molecule has 1 fully saturated rings. The summed E-state index contributed by atoms with van der Waals surface area (Å²) in [6, 6.07) is 4.09. The van der Waals surface area contributed by atoms with Crippen molar-refractivity contribution in [3.8, 4) is 0 Å². The fourth-order valence-corrected chi connectivity index (χ4v) is 1.73. The van der Waals surface area contributed by atoms with E-state index in [4.69, 9.17) is 5.11 Å². The Hall–Kier alpha value is -1.49. The number of hydrogen-bond donors (Lipinski definition) is 1. The summed E-state index contributed by atoms with van der Waals surface area (Å²) in [6.45, 7) is -0.162. The first-order valence-electron chi connectivity index (χ1n) is 4.65. The van der Waals surface area contributed by atoms with E-state index in [2.05, 4.69) is 0 Å². The average molecular weight is 211 g/mol. The van der Waals surface area contributed by atoms with E-state index >= 15 is 0 Å². The van der Waals surface area contributed by atoms with Gasteiger partial charge in [-0.05, 0) is 12.8 Å². The molecule has 0 saturated heterocycles. The molecule has 0 unspecified atom stereocenters. The Morgan fingerprint density at radius 1 is 1.53 bits per heavy atom. The molecule has 80 valence electrons. The van der Waals surface area contributed by atoms with Crippen LogP contribution < -0.4 is 0 Å². The summed E-state index contributed by atoms with van der Waals surface area (Å²) in [4.78, 5) is 9.77. The number of aliphatic hydroxyl groups is 1. The zero-order valence-electron chi connectivity index (χ0n) is 7.94. The van der Waals surface area contributed by atoms with E-state index in [1.165, 1.54) is 12.1 Å². The summed E-state index contributed by atoms with van der Waals surface area (Å²) in [5.74, 6) is -0.811. The number of aliphatic hydroxyl groups excluding tert-OH is 1. The minimum absolute atomic E-state index is 0.162. The van der Waals surface area contributed by atoms with Crippen LogP contribution in [0.5, 0.6) is 0 Å². The second-order valence-electron chi connectivity index (χ2n) is 3.83. The monoisotopic (exact) mass is 211 g/mol. The number of benzene rings is 1. The number of hydrogen-bond acceptors (Lipinski definition) is 3. The molecular weight excluding hydrogens is 201 g/mol. The smallest absolute Gasteiger partial charge is 0.305 e. The van der Waals surface area contributed by atoms with Crippen LogP contribution in [-0.4, -0.2) is 16.6 Å². The number of halogens is 1. The van der Waals surface area contributed by atoms with Crippen molar-refractivity contribution in [2.45, 2.75) is 18.3 Å². The lowest BCUT2D eigenvalue weighted by Gasteiger charge is -2.12. The van der Waals surface area contributed by atoms with Gasteiger partial charge < -0.3 is 5.11 Å². The lowest BCUT2D eigenvalue weighted by molar-refractivity contribution is -0.387. The first kappa shape index (κ1) is 10.0. The highest BCUT2D eigenvalue weighted by Crippen LogP contribution is 2.49. The second-order valence-corrected chi connectivity index (χ2v) is 3.83. The van der Waals surface area contributed by atoms with Crippen LogP contribution in [0.1, 0.15) is 18.4 Å². The highest BCUT2D eigenvalue weighted by Gasteiger charge is 2.46. The fourth-order valence-electron chi connectivity index (χ4n) is 1.73. The van der Waals surface area contributed by atoms with Gasteiger partial charge in [0.05, 0.1) is 11.5 Å². The molecule has 5 heteroatoms. The van der Waals surface area contributed by atoms with Gasteiger partial charge in [-0.3, -0.25) is 10.1 Å². The lowest BCUT2D eigenvalue weighted by atomic mass is 9.96.